The van der Waals surface area contributed by atoms with Crippen LogP contribution in [0.15, 0.2) is 16.6 Å². The van der Waals surface area contributed by atoms with Crippen LogP contribution in [-0.2, 0) is 0 Å². The first-order chi connectivity index (χ1) is 7.20. The number of ether oxygens (including phenoxy) is 1. The fourth-order valence-corrected chi connectivity index (χ4v) is 1.54. The van der Waals surface area contributed by atoms with E-state index < -0.39 is 22.0 Å². The number of rotatable bonds is 2. The summed E-state index contributed by atoms with van der Waals surface area (Å²) < 4.78 is 19.1. The molecule has 0 radical (unpaired) electrons. The minimum Gasteiger partial charge on any atom is -0.481 e. The maximum Gasteiger partial charge on any atom is 0.346 e. The molecular formula is C10H11BrFNO3. The van der Waals surface area contributed by atoms with Gasteiger partial charge in [0.25, 0.3) is 0 Å². The molecule has 0 atom stereocenters. The molecule has 1 rings (SSSR count). The number of halogens is 2. The highest BCUT2D eigenvalue weighted by Gasteiger charge is 2.26. The minimum absolute atomic E-state index is 0.0793. The maximum atomic E-state index is 13.4. The first kappa shape index (κ1) is 12.9. The molecule has 1 aromatic rings. The van der Waals surface area contributed by atoms with Crippen molar-refractivity contribution in [2.75, 3.05) is 0 Å². The average molecular weight is 292 g/mol. The fraction of sp³-hybridized carbons (Fsp3) is 0.400. The van der Waals surface area contributed by atoms with Gasteiger partial charge in [0.05, 0.1) is 4.92 Å². The molecule has 0 saturated heterocycles. The monoisotopic (exact) mass is 291 g/mol. The summed E-state index contributed by atoms with van der Waals surface area (Å²) in [5.74, 6) is -0.997. The molecule has 0 N–H and O–H groups in total. The second kappa shape index (κ2) is 4.37. The van der Waals surface area contributed by atoms with Crippen molar-refractivity contribution in [1.29, 1.82) is 0 Å². The van der Waals surface area contributed by atoms with E-state index in [1.807, 2.05) is 0 Å². The Bertz CT molecular complexity index is 429. The molecule has 0 heterocycles. The van der Waals surface area contributed by atoms with Crippen LogP contribution < -0.4 is 4.74 Å². The van der Waals surface area contributed by atoms with E-state index in [1.54, 1.807) is 20.8 Å². The van der Waals surface area contributed by atoms with E-state index in [0.29, 0.717) is 4.47 Å². The Morgan fingerprint density at radius 1 is 1.44 bits per heavy atom. The van der Waals surface area contributed by atoms with E-state index in [2.05, 4.69) is 15.9 Å². The van der Waals surface area contributed by atoms with E-state index >= 15 is 0 Å². The third-order valence-electron chi connectivity index (χ3n) is 1.59. The van der Waals surface area contributed by atoms with E-state index in [1.165, 1.54) is 6.07 Å². The van der Waals surface area contributed by atoms with Crippen LogP contribution in [0.4, 0.5) is 10.1 Å². The third kappa shape index (κ3) is 3.16. The average Bonchev–Trinajstić information content (AvgIpc) is 1.96. The second-order valence-electron chi connectivity index (χ2n) is 4.21. The maximum absolute atomic E-state index is 13.4. The number of hydrogen-bond acceptors (Lipinski definition) is 3. The number of benzene rings is 1. The molecular weight excluding hydrogens is 281 g/mol. The summed E-state index contributed by atoms with van der Waals surface area (Å²) in [6.45, 7) is 5.20. The summed E-state index contributed by atoms with van der Waals surface area (Å²) in [6.07, 6.45) is 0. The number of hydrogen-bond donors (Lipinski definition) is 0. The van der Waals surface area contributed by atoms with Gasteiger partial charge in [0, 0.05) is 10.5 Å². The zero-order valence-electron chi connectivity index (χ0n) is 9.08. The number of nitro benzene ring substituents is 1. The first-order valence-electron chi connectivity index (χ1n) is 4.53. The molecule has 0 aliphatic carbocycles. The summed E-state index contributed by atoms with van der Waals surface area (Å²) in [4.78, 5) is 9.92. The molecule has 0 aliphatic rings. The lowest BCUT2D eigenvalue weighted by Crippen LogP contribution is -2.23. The molecule has 0 fully saturated rings. The van der Waals surface area contributed by atoms with Crippen LogP contribution in [-0.4, -0.2) is 10.5 Å². The van der Waals surface area contributed by atoms with Crippen LogP contribution in [0.5, 0.6) is 5.75 Å². The molecule has 0 aliphatic heterocycles. The summed E-state index contributed by atoms with van der Waals surface area (Å²) >= 11 is 3.06. The zero-order chi connectivity index (χ0) is 12.5. The summed E-state index contributed by atoms with van der Waals surface area (Å²) in [6, 6.07) is 2.42. The smallest absolute Gasteiger partial charge is 0.346 e. The molecule has 0 saturated carbocycles. The highest BCUT2D eigenvalue weighted by Crippen LogP contribution is 2.35. The normalized spacial score (nSPS) is 11.3. The van der Waals surface area contributed by atoms with Gasteiger partial charge in [-0.25, -0.2) is 0 Å². The predicted octanol–water partition coefficient (Wildman–Crippen LogP) is 3.67. The van der Waals surface area contributed by atoms with Crippen LogP contribution in [0.3, 0.4) is 0 Å². The van der Waals surface area contributed by atoms with E-state index in [4.69, 9.17) is 4.74 Å². The van der Waals surface area contributed by atoms with Gasteiger partial charge < -0.3 is 4.74 Å². The van der Waals surface area contributed by atoms with Crippen molar-refractivity contribution in [2.45, 2.75) is 26.4 Å². The highest BCUT2D eigenvalue weighted by molar-refractivity contribution is 9.10. The predicted molar refractivity (Wildman–Crippen MR) is 61.1 cm³/mol. The SMILES string of the molecule is CC(C)(C)Oc1cc(Br)cc(F)c1[N+](=O)[O-]. The highest BCUT2D eigenvalue weighted by atomic mass is 79.9. The van der Waals surface area contributed by atoms with Gasteiger partial charge in [0.15, 0.2) is 0 Å². The van der Waals surface area contributed by atoms with Crippen molar-refractivity contribution in [2.24, 2.45) is 0 Å². The third-order valence-corrected chi connectivity index (χ3v) is 2.05. The van der Waals surface area contributed by atoms with Gasteiger partial charge in [0.1, 0.15) is 5.60 Å². The van der Waals surface area contributed by atoms with Crippen molar-refractivity contribution >= 4 is 21.6 Å². The van der Waals surface area contributed by atoms with Crippen molar-refractivity contribution in [1.82, 2.24) is 0 Å². The van der Waals surface area contributed by atoms with Crippen molar-refractivity contribution in [3.8, 4) is 5.75 Å². The minimum atomic E-state index is -0.918. The van der Waals surface area contributed by atoms with E-state index in [9.17, 15) is 14.5 Å². The van der Waals surface area contributed by atoms with Crippen LogP contribution in [0, 0.1) is 15.9 Å². The zero-order valence-corrected chi connectivity index (χ0v) is 10.7. The summed E-state index contributed by atoms with van der Waals surface area (Å²) in [5, 5.41) is 10.7. The quantitative estimate of drug-likeness (QED) is 0.617. The molecule has 0 unspecified atom stereocenters. The molecule has 6 heteroatoms. The van der Waals surface area contributed by atoms with Crippen LogP contribution in [0.25, 0.3) is 0 Å². The molecule has 0 aromatic heterocycles. The topological polar surface area (TPSA) is 52.4 Å². The van der Waals surface area contributed by atoms with Crippen molar-refractivity contribution < 1.29 is 14.1 Å². The summed E-state index contributed by atoms with van der Waals surface area (Å²) in [7, 11) is 0. The summed E-state index contributed by atoms with van der Waals surface area (Å²) in [5.41, 5.74) is -1.27. The molecule has 1 aromatic carbocycles. The van der Waals surface area contributed by atoms with Gasteiger partial charge in [-0.05, 0) is 26.8 Å². The Morgan fingerprint density at radius 3 is 2.44 bits per heavy atom. The van der Waals surface area contributed by atoms with Gasteiger partial charge >= 0.3 is 5.69 Å². The van der Waals surface area contributed by atoms with Gasteiger partial charge in [-0.3, -0.25) is 10.1 Å². The van der Waals surface area contributed by atoms with Gasteiger partial charge in [0.2, 0.25) is 11.6 Å². The molecule has 16 heavy (non-hydrogen) atoms. The Hall–Kier alpha value is -1.17. The van der Waals surface area contributed by atoms with Gasteiger partial charge in [-0.2, -0.15) is 4.39 Å². The molecule has 0 amide bonds. The van der Waals surface area contributed by atoms with Gasteiger partial charge in [-0.1, -0.05) is 15.9 Å². The lowest BCUT2D eigenvalue weighted by molar-refractivity contribution is -0.388. The van der Waals surface area contributed by atoms with Gasteiger partial charge in [-0.15, -0.1) is 0 Å². The molecule has 0 spiro atoms. The molecule has 88 valence electrons. The second-order valence-corrected chi connectivity index (χ2v) is 5.12. The Labute approximate surface area is 101 Å². The van der Waals surface area contributed by atoms with E-state index in [0.717, 1.165) is 6.07 Å². The standard InChI is InChI=1S/C10H11BrFNO3/c1-10(2,3)16-8-5-6(11)4-7(12)9(8)13(14)15/h4-5H,1-3H3. The lowest BCUT2D eigenvalue weighted by atomic mass is 10.2. The number of nitrogens with zero attached hydrogens (tertiary/aromatic N) is 1. The van der Waals surface area contributed by atoms with Crippen molar-refractivity contribution in [3.63, 3.8) is 0 Å². The largest absolute Gasteiger partial charge is 0.481 e. The Balaban J connectivity index is 3.30. The van der Waals surface area contributed by atoms with Crippen molar-refractivity contribution in [3.05, 3.63) is 32.5 Å². The van der Waals surface area contributed by atoms with Crippen LogP contribution >= 0.6 is 15.9 Å². The first-order valence-corrected chi connectivity index (χ1v) is 5.32. The van der Waals surface area contributed by atoms with Crippen LogP contribution in [0.1, 0.15) is 20.8 Å². The molecule has 4 nitrogen and oxygen atoms in total. The van der Waals surface area contributed by atoms with Crippen LogP contribution in [0.2, 0.25) is 0 Å². The fourth-order valence-electron chi connectivity index (χ4n) is 1.13. The Kier molecular flexibility index (Phi) is 3.52. The lowest BCUT2D eigenvalue weighted by Gasteiger charge is -2.21. The Morgan fingerprint density at radius 2 is 2.00 bits per heavy atom. The number of nitro groups is 1. The molecule has 0 bridgehead atoms. The van der Waals surface area contributed by atoms with E-state index in [-0.39, 0.29) is 5.75 Å².